The third-order valence-corrected chi connectivity index (χ3v) is 23.8. The minimum absolute atomic E-state index is 0.0864. The fourth-order valence-corrected chi connectivity index (χ4v) is 9.82. The molecule has 0 saturated heterocycles. The quantitative estimate of drug-likeness (QED) is 0.374. The molecule has 0 heterocycles. The van der Waals surface area contributed by atoms with Crippen LogP contribution in [0.1, 0.15) is 67.9 Å². The lowest BCUT2D eigenvalue weighted by Gasteiger charge is -2.54. The van der Waals surface area contributed by atoms with Gasteiger partial charge in [0.05, 0.1) is 0 Å². The van der Waals surface area contributed by atoms with Crippen molar-refractivity contribution >= 4 is 30.7 Å². The van der Waals surface area contributed by atoms with Crippen LogP contribution in [0, 0.1) is 0 Å². The highest BCUT2D eigenvalue weighted by atomic mass is 28.4. The van der Waals surface area contributed by atoms with Crippen LogP contribution in [-0.2, 0) is 14.4 Å². The summed E-state index contributed by atoms with van der Waals surface area (Å²) in [4.78, 5) is 13.3. The van der Waals surface area contributed by atoms with Gasteiger partial charge in [-0.15, -0.1) is 0 Å². The van der Waals surface area contributed by atoms with Crippen molar-refractivity contribution in [1.29, 1.82) is 0 Å². The smallest absolute Gasteiger partial charge is 0.335 e. The van der Waals surface area contributed by atoms with Crippen LogP contribution in [-0.4, -0.2) is 35.8 Å². The fraction of sp³-hybridized carbons (Fsp3) is 0.731. The maximum atomic E-state index is 13.3. The molecule has 0 aliphatic rings. The van der Waals surface area contributed by atoms with Gasteiger partial charge >= 0.3 is 5.97 Å². The standard InChI is InChI=1S/C26H50O4Si3/c1-23(2,3)31(10,11)26(22(27)28,30-33(14,15)25(7,8)9)20-16-18-21(19-17-20)29-32(12,13)24(4,5)6/h16-19H,1-15H3,(H,27,28). The SMILES string of the molecule is CC(C)(C)[Si](C)(C)Oc1ccc(C(O[Si](C)(C)C(C)(C)C)(C(=O)O)[Si](C)(C)C(C)(C)C)cc1. The number of rotatable bonds is 7. The summed E-state index contributed by atoms with van der Waals surface area (Å²) in [5.41, 5.74) is 0.731. The largest absolute Gasteiger partial charge is 0.544 e. The number of carboxylic acid groups (broad SMARTS) is 1. The zero-order valence-electron chi connectivity index (χ0n) is 24.0. The molecule has 1 N–H and O–H groups in total. The minimum Gasteiger partial charge on any atom is -0.544 e. The summed E-state index contributed by atoms with van der Waals surface area (Å²) in [7, 11) is -7.00. The number of carbonyl (C=O) groups is 1. The molecular weight excluding hydrogens is 461 g/mol. The predicted octanol–water partition coefficient (Wildman–Crippen LogP) is 8.42. The van der Waals surface area contributed by atoms with E-state index in [9.17, 15) is 9.90 Å². The average Bonchev–Trinajstić information content (AvgIpc) is 2.56. The molecule has 7 heteroatoms. The highest BCUT2D eigenvalue weighted by Gasteiger charge is 2.63. The van der Waals surface area contributed by atoms with Crippen molar-refractivity contribution in [3.05, 3.63) is 29.8 Å². The van der Waals surface area contributed by atoms with E-state index in [0.717, 1.165) is 11.3 Å². The maximum Gasteiger partial charge on any atom is 0.335 e. The second kappa shape index (κ2) is 8.95. The van der Waals surface area contributed by atoms with E-state index in [1.165, 1.54) is 0 Å². The maximum absolute atomic E-state index is 13.3. The molecule has 1 unspecified atom stereocenters. The van der Waals surface area contributed by atoms with E-state index in [1.54, 1.807) is 0 Å². The van der Waals surface area contributed by atoms with E-state index < -0.39 is 35.9 Å². The Morgan fingerprint density at radius 3 is 1.39 bits per heavy atom. The second-order valence-corrected chi connectivity index (χ2v) is 29.0. The Hall–Kier alpha value is -0.899. The normalized spacial score (nSPS) is 16.3. The number of aliphatic carboxylic acids is 1. The number of hydrogen-bond acceptors (Lipinski definition) is 3. The molecule has 0 aliphatic carbocycles. The lowest BCUT2D eigenvalue weighted by Crippen LogP contribution is -2.67. The Morgan fingerprint density at radius 2 is 1.09 bits per heavy atom. The number of hydrogen-bond donors (Lipinski definition) is 1. The van der Waals surface area contributed by atoms with Crippen LogP contribution in [0.4, 0.5) is 0 Å². The van der Waals surface area contributed by atoms with E-state index >= 15 is 0 Å². The molecule has 0 radical (unpaired) electrons. The first-order valence-electron chi connectivity index (χ1n) is 12.1. The first-order chi connectivity index (χ1) is 14.3. The summed E-state index contributed by atoms with van der Waals surface area (Å²) in [5.74, 6) is -0.0795. The van der Waals surface area contributed by atoms with E-state index in [1.807, 2.05) is 24.3 Å². The van der Waals surface area contributed by atoms with Gasteiger partial charge < -0.3 is 14.0 Å². The van der Waals surface area contributed by atoms with Crippen molar-refractivity contribution in [1.82, 2.24) is 0 Å². The van der Waals surface area contributed by atoms with Gasteiger partial charge in [-0.1, -0.05) is 87.5 Å². The van der Waals surface area contributed by atoms with Crippen LogP contribution in [0.15, 0.2) is 24.3 Å². The van der Waals surface area contributed by atoms with Gasteiger partial charge in [-0.25, -0.2) is 4.79 Å². The van der Waals surface area contributed by atoms with Crippen molar-refractivity contribution in [3.63, 3.8) is 0 Å². The van der Waals surface area contributed by atoms with Gasteiger partial charge in [-0.2, -0.15) is 0 Å². The minimum atomic E-state index is -2.59. The first kappa shape index (κ1) is 30.1. The summed E-state index contributed by atoms with van der Waals surface area (Å²) >= 11 is 0. The van der Waals surface area contributed by atoms with Crippen molar-refractivity contribution in [2.75, 3.05) is 0 Å². The highest BCUT2D eigenvalue weighted by molar-refractivity contribution is 6.86. The number of carboxylic acids is 1. The lowest BCUT2D eigenvalue weighted by atomic mass is 10.1. The van der Waals surface area contributed by atoms with Gasteiger partial charge in [-0.05, 0) is 59.0 Å². The Labute approximate surface area is 206 Å². The summed E-state index contributed by atoms with van der Waals surface area (Å²) in [6.45, 7) is 32.6. The van der Waals surface area contributed by atoms with Crippen molar-refractivity contribution in [3.8, 4) is 5.75 Å². The predicted molar refractivity (Wildman–Crippen MR) is 149 cm³/mol. The molecule has 0 bridgehead atoms. The number of benzene rings is 1. The third-order valence-electron chi connectivity index (χ3n) is 8.71. The van der Waals surface area contributed by atoms with Crippen LogP contribution >= 0.6 is 0 Å². The van der Waals surface area contributed by atoms with Gasteiger partial charge in [0, 0.05) is 0 Å². The molecule has 0 spiro atoms. The van der Waals surface area contributed by atoms with E-state index in [-0.39, 0.29) is 15.1 Å². The Balaban J connectivity index is 3.76. The van der Waals surface area contributed by atoms with Crippen molar-refractivity contribution in [2.45, 2.75) is 122 Å². The van der Waals surface area contributed by atoms with Crippen molar-refractivity contribution in [2.24, 2.45) is 0 Å². The van der Waals surface area contributed by atoms with Crippen LogP contribution in [0.5, 0.6) is 5.75 Å². The zero-order valence-corrected chi connectivity index (χ0v) is 27.0. The van der Waals surface area contributed by atoms with Crippen LogP contribution < -0.4 is 4.43 Å². The molecule has 1 atom stereocenters. The monoisotopic (exact) mass is 510 g/mol. The molecular formula is C26H50O4Si3. The molecule has 1 aromatic carbocycles. The van der Waals surface area contributed by atoms with E-state index in [4.69, 9.17) is 8.85 Å². The van der Waals surface area contributed by atoms with Gasteiger partial charge in [-0.3, -0.25) is 0 Å². The van der Waals surface area contributed by atoms with Gasteiger partial charge in [0.1, 0.15) is 13.8 Å². The van der Waals surface area contributed by atoms with E-state index in [0.29, 0.717) is 0 Å². The zero-order chi connectivity index (χ0) is 26.5. The topological polar surface area (TPSA) is 55.8 Å². The third kappa shape index (κ3) is 5.68. The lowest BCUT2D eigenvalue weighted by molar-refractivity contribution is -0.150. The van der Waals surface area contributed by atoms with Gasteiger partial charge in [0.15, 0.2) is 13.5 Å². The average molecular weight is 511 g/mol. The van der Waals surface area contributed by atoms with Crippen LogP contribution in [0.25, 0.3) is 0 Å². The summed E-state index contributed by atoms with van der Waals surface area (Å²) < 4.78 is 13.5. The molecule has 33 heavy (non-hydrogen) atoms. The molecule has 0 fully saturated rings. The molecule has 1 aromatic rings. The molecule has 4 nitrogen and oxygen atoms in total. The Bertz CT molecular complexity index is 838. The molecule has 190 valence electrons. The van der Waals surface area contributed by atoms with Gasteiger partial charge in [0.2, 0.25) is 8.32 Å². The molecule has 0 saturated carbocycles. The molecule has 1 rings (SSSR count). The van der Waals surface area contributed by atoms with Gasteiger partial charge in [0.25, 0.3) is 0 Å². The molecule has 0 aromatic heterocycles. The van der Waals surface area contributed by atoms with Crippen LogP contribution in [0.2, 0.25) is 54.4 Å². The second-order valence-electron chi connectivity index (χ2n) is 14.1. The molecule has 0 aliphatic heterocycles. The molecule has 0 amide bonds. The first-order valence-corrected chi connectivity index (χ1v) is 20.9. The highest BCUT2D eigenvalue weighted by Crippen LogP contribution is 2.53. The summed E-state index contributed by atoms with van der Waals surface area (Å²) in [6.07, 6.45) is 0. The Morgan fingerprint density at radius 1 is 0.697 bits per heavy atom. The summed E-state index contributed by atoms with van der Waals surface area (Å²) in [6, 6.07) is 7.75. The van der Waals surface area contributed by atoms with E-state index in [2.05, 4.69) is 102 Å². The van der Waals surface area contributed by atoms with Crippen molar-refractivity contribution < 1.29 is 18.8 Å². The van der Waals surface area contributed by atoms with Crippen LogP contribution in [0.3, 0.4) is 0 Å². The fourth-order valence-electron chi connectivity index (χ4n) is 3.25. The Kier molecular flexibility index (Phi) is 8.18. The summed E-state index contributed by atoms with van der Waals surface area (Å²) in [5, 5.41) is 9.30.